The highest BCUT2D eigenvalue weighted by Gasteiger charge is 2.05. The van der Waals surface area contributed by atoms with Crippen molar-refractivity contribution in [3.05, 3.63) is 17.8 Å². The van der Waals surface area contributed by atoms with Crippen LogP contribution in [-0.4, -0.2) is 31.2 Å². The van der Waals surface area contributed by atoms with Gasteiger partial charge < -0.3 is 5.73 Å². The van der Waals surface area contributed by atoms with Crippen molar-refractivity contribution >= 4 is 27.3 Å². The van der Waals surface area contributed by atoms with Crippen LogP contribution in [0.25, 0.3) is 0 Å². The Balaban J connectivity index is 2.61. The van der Waals surface area contributed by atoms with E-state index in [0.717, 1.165) is 5.69 Å². The first-order valence-electron chi connectivity index (χ1n) is 4.42. The lowest BCUT2D eigenvalue weighted by atomic mass is 10.3. The van der Waals surface area contributed by atoms with Gasteiger partial charge in [-0.15, -0.1) is 11.8 Å². The van der Waals surface area contributed by atoms with E-state index in [1.165, 1.54) is 18.0 Å². The Morgan fingerprint density at radius 2 is 2.13 bits per heavy atom. The second kappa shape index (κ2) is 4.85. The van der Waals surface area contributed by atoms with Gasteiger partial charge in [0.2, 0.25) is 0 Å². The molecule has 0 atom stereocenters. The van der Waals surface area contributed by atoms with Crippen molar-refractivity contribution in [2.75, 3.05) is 23.5 Å². The Morgan fingerprint density at radius 1 is 1.47 bits per heavy atom. The van der Waals surface area contributed by atoms with Crippen molar-refractivity contribution in [2.24, 2.45) is 0 Å². The van der Waals surface area contributed by atoms with E-state index in [1.54, 1.807) is 6.07 Å². The maximum atomic E-state index is 10.9. The molecule has 4 nitrogen and oxygen atoms in total. The number of sulfone groups is 1. The highest BCUT2D eigenvalue weighted by Crippen LogP contribution is 2.22. The van der Waals surface area contributed by atoms with Gasteiger partial charge in [-0.3, -0.25) is 0 Å². The number of rotatable bonds is 4. The average molecular weight is 246 g/mol. The minimum absolute atomic E-state index is 0.146. The van der Waals surface area contributed by atoms with Crippen LogP contribution in [0.15, 0.2) is 17.2 Å². The second-order valence-electron chi connectivity index (χ2n) is 3.33. The fraction of sp³-hybridized carbons (Fsp3) is 0.444. The van der Waals surface area contributed by atoms with Gasteiger partial charge in [-0.05, 0) is 19.1 Å². The molecular weight excluding hydrogens is 232 g/mol. The van der Waals surface area contributed by atoms with E-state index in [1.807, 2.05) is 13.0 Å². The SMILES string of the molecule is Cc1ccc(N)c(SCCS(C)(=O)=O)n1. The topological polar surface area (TPSA) is 73.1 Å². The monoisotopic (exact) mass is 246 g/mol. The molecule has 1 aromatic rings. The van der Waals surface area contributed by atoms with Crippen LogP contribution in [0.3, 0.4) is 0 Å². The molecule has 2 N–H and O–H groups in total. The number of aromatic nitrogens is 1. The molecule has 1 rings (SSSR count). The summed E-state index contributed by atoms with van der Waals surface area (Å²) in [5.41, 5.74) is 7.18. The number of nitrogens with two attached hydrogens (primary N) is 1. The Hall–Kier alpha value is -0.750. The zero-order valence-electron chi connectivity index (χ0n) is 8.73. The lowest BCUT2D eigenvalue weighted by Gasteiger charge is -2.04. The third-order valence-electron chi connectivity index (χ3n) is 1.72. The Labute approximate surface area is 94.2 Å². The van der Waals surface area contributed by atoms with E-state index < -0.39 is 9.84 Å². The molecule has 15 heavy (non-hydrogen) atoms. The van der Waals surface area contributed by atoms with Gasteiger partial charge in [0.05, 0.1) is 11.4 Å². The molecule has 0 saturated heterocycles. The molecule has 0 amide bonds. The van der Waals surface area contributed by atoms with E-state index in [9.17, 15) is 8.42 Å². The van der Waals surface area contributed by atoms with Gasteiger partial charge in [0.15, 0.2) is 0 Å². The molecule has 1 aromatic heterocycles. The van der Waals surface area contributed by atoms with E-state index >= 15 is 0 Å². The van der Waals surface area contributed by atoms with Crippen LogP contribution in [0, 0.1) is 6.92 Å². The zero-order valence-corrected chi connectivity index (χ0v) is 10.4. The molecule has 6 heteroatoms. The highest BCUT2D eigenvalue weighted by molar-refractivity contribution is 8.00. The van der Waals surface area contributed by atoms with Crippen molar-refractivity contribution in [3.63, 3.8) is 0 Å². The number of hydrogen-bond acceptors (Lipinski definition) is 5. The maximum Gasteiger partial charge on any atom is 0.148 e. The fourth-order valence-corrected chi connectivity index (χ4v) is 3.13. The first-order chi connectivity index (χ1) is 6.88. The standard InChI is InChI=1S/C9H14N2O2S2/c1-7-3-4-8(10)9(11-7)14-5-6-15(2,12)13/h3-4H,5-6,10H2,1-2H3. The van der Waals surface area contributed by atoms with Gasteiger partial charge in [0.1, 0.15) is 14.9 Å². The largest absolute Gasteiger partial charge is 0.397 e. The normalized spacial score (nSPS) is 11.6. The van der Waals surface area contributed by atoms with Crippen molar-refractivity contribution in [1.82, 2.24) is 4.98 Å². The first-order valence-corrected chi connectivity index (χ1v) is 7.47. The van der Waals surface area contributed by atoms with Crippen molar-refractivity contribution in [1.29, 1.82) is 0 Å². The Morgan fingerprint density at radius 3 is 2.73 bits per heavy atom. The number of pyridine rings is 1. The number of aryl methyl sites for hydroxylation is 1. The quantitative estimate of drug-likeness (QED) is 0.806. The molecule has 0 saturated carbocycles. The average Bonchev–Trinajstić information content (AvgIpc) is 2.09. The number of nitrogen functional groups attached to an aromatic ring is 1. The highest BCUT2D eigenvalue weighted by atomic mass is 32.2. The van der Waals surface area contributed by atoms with Gasteiger partial charge in [-0.2, -0.15) is 0 Å². The molecule has 0 bridgehead atoms. The Bertz CT molecular complexity index is 443. The summed E-state index contributed by atoms with van der Waals surface area (Å²) < 4.78 is 21.8. The summed E-state index contributed by atoms with van der Waals surface area (Å²) in [4.78, 5) is 4.24. The van der Waals surface area contributed by atoms with E-state index in [0.29, 0.717) is 16.5 Å². The lowest BCUT2D eigenvalue weighted by Crippen LogP contribution is -2.05. The summed E-state index contributed by atoms with van der Waals surface area (Å²) in [6, 6.07) is 3.61. The zero-order chi connectivity index (χ0) is 11.5. The summed E-state index contributed by atoms with van der Waals surface area (Å²) in [5, 5.41) is 0.707. The molecule has 1 heterocycles. The van der Waals surface area contributed by atoms with Crippen LogP contribution in [0.2, 0.25) is 0 Å². The maximum absolute atomic E-state index is 10.9. The molecular formula is C9H14N2O2S2. The second-order valence-corrected chi connectivity index (χ2v) is 6.67. The van der Waals surface area contributed by atoms with E-state index in [4.69, 9.17) is 5.73 Å². The van der Waals surface area contributed by atoms with Crippen LogP contribution in [0.1, 0.15) is 5.69 Å². The molecule has 0 radical (unpaired) electrons. The van der Waals surface area contributed by atoms with Gasteiger partial charge in [0.25, 0.3) is 0 Å². The van der Waals surface area contributed by atoms with Crippen LogP contribution < -0.4 is 5.73 Å². The number of nitrogens with zero attached hydrogens (tertiary/aromatic N) is 1. The molecule has 0 fully saturated rings. The molecule has 0 unspecified atom stereocenters. The predicted molar refractivity (Wildman–Crippen MR) is 63.8 cm³/mol. The van der Waals surface area contributed by atoms with E-state index in [2.05, 4.69) is 4.98 Å². The third kappa shape index (κ3) is 4.53. The fourth-order valence-electron chi connectivity index (χ4n) is 0.949. The van der Waals surface area contributed by atoms with Crippen LogP contribution in [-0.2, 0) is 9.84 Å². The molecule has 0 aromatic carbocycles. The predicted octanol–water partition coefficient (Wildman–Crippen LogP) is 1.11. The van der Waals surface area contributed by atoms with Crippen LogP contribution in [0.5, 0.6) is 0 Å². The smallest absolute Gasteiger partial charge is 0.148 e. The summed E-state index contributed by atoms with van der Waals surface area (Å²) in [6.45, 7) is 1.88. The summed E-state index contributed by atoms with van der Waals surface area (Å²) in [6.07, 6.45) is 1.22. The van der Waals surface area contributed by atoms with Crippen LogP contribution in [0.4, 0.5) is 5.69 Å². The number of hydrogen-bond donors (Lipinski definition) is 1. The molecule has 0 spiro atoms. The Kier molecular flexibility index (Phi) is 3.98. The summed E-state index contributed by atoms with van der Waals surface area (Å²) >= 11 is 1.37. The van der Waals surface area contributed by atoms with Crippen molar-refractivity contribution < 1.29 is 8.42 Å². The molecule has 0 aliphatic heterocycles. The lowest BCUT2D eigenvalue weighted by molar-refractivity contribution is 0.603. The van der Waals surface area contributed by atoms with E-state index in [-0.39, 0.29) is 5.75 Å². The van der Waals surface area contributed by atoms with Gasteiger partial charge in [-0.25, -0.2) is 13.4 Å². The van der Waals surface area contributed by atoms with Gasteiger partial charge in [0, 0.05) is 17.7 Å². The third-order valence-corrected chi connectivity index (χ3v) is 3.93. The summed E-state index contributed by atoms with van der Waals surface area (Å²) in [7, 11) is -2.91. The van der Waals surface area contributed by atoms with Crippen molar-refractivity contribution in [2.45, 2.75) is 11.9 Å². The van der Waals surface area contributed by atoms with Crippen molar-refractivity contribution in [3.8, 4) is 0 Å². The van der Waals surface area contributed by atoms with Gasteiger partial charge in [-0.1, -0.05) is 0 Å². The summed E-state index contributed by atoms with van der Waals surface area (Å²) in [5.74, 6) is 0.631. The first kappa shape index (κ1) is 12.3. The van der Waals surface area contributed by atoms with Crippen LogP contribution >= 0.6 is 11.8 Å². The van der Waals surface area contributed by atoms with Gasteiger partial charge >= 0.3 is 0 Å². The number of thioether (sulfide) groups is 1. The minimum Gasteiger partial charge on any atom is -0.397 e. The molecule has 84 valence electrons. The molecule has 0 aliphatic rings. The minimum atomic E-state index is -2.91. The molecule has 0 aliphatic carbocycles. The number of anilines is 1.